The molecule has 0 unspecified atom stereocenters. The number of rotatable bonds is 3. The van der Waals surface area contributed by atoms with Crippen LogP contribution in [0.3, 0.4) is 0 Å². The maximum absolute atomic E-state index is 13.4. The third-order valence-corrected chi connectivity index (χ3v) is 3.45. The van der Waals surface area contributed by atoms with E-state index < -0.39 is 5.82 Å². The summed E-state index contributed by atoms with van der Waals surface area (Å²) in [4.78, 5) is 12.0. The summed E-state index contributed by atoms with van der Waals surface area (Å²) in [5.74, 6) is -0.368. The van der Waals surface area contributed by atoms with Gasteiger partial charge in [-0.3, -0.25) is 4.79 Å². The lowest BCUT2D eigenvalue weighted by Crippen LogP contribution is -2.00. The fraction of sp³-hybridized carbons (Fsp3) is 0.0714. The maximum Gasteiger partial charge on any atom is 0.202 e. The van der Waals surface area contributed by atoms with Gasteiger partial charge in [0, 0.05) is 11.8 Å². The molecule has 0 fully saturated rings. The van der Waals surface area contributed by atoms with Crippen LogP contribution in [0.1, 0.15) is 16.1 Å². The topological polar surface area (TPSA) is 30.2 Å². The van der Waals surface area contributed by atoms with Crippen LogP contribution in [0.2, 0.25) is 0 Å². The molecule has 2 nitrogen and oxygen atoms in total. The number of thiophene rings is 1. The smallest absolute Gasteiger partial charge is 0.202 e. The summed E-state index contributed by atoms with van der Waals surface area (Å²) in [5.41, 5.74) is 1.09. The fourth-order valence-electron chi connectivity index (χ4n) is 1.83. The number of para-hydroxylation sites is 1. The quantitative estimate of drug-likeness (QED) is 0.665. The molecule has 3 rings (SSSR count). The van der Waals surface area contributed by atoms with Crippen molar-refractivity contribution in [3.8, 4) is 0 Å². The Balaban J connectivity index is 1.94. The van der Waals surface area contributed by atoms with E-state index in [0.29, 0.717) is 5.39 Å². The third-order valence-electron chi connectivity index (χ3n) is 2.72. The van der Waals surface area contributed by atoms with Crippen molar-refractivity contribution in [1.82, 2.24) is 0 Å². The summed E-state index contributed by atoms with van der Waals surface area (Å²) in [5, 5.41) is 4.45. The standard InChI is InChI=1S/C14H9FO2S/c15-11-3-1-2-10-7-13(17-14(10)11)12(16)6-9-4-5-18-8-9/h1-5,7-8H,6H2. The van der Waals surface area contributed by atoms with Crippen molar-refractivity contribution < 1.29 is 13.6 Å². The molecule has 0 radical (unpaired) electrons. The number of hydrogen-bond donors (Lipinski definition) is 0. The molecular weight excluding hydrogens is 251 g/mol. The molecule has 0 aliphatic carbocycles. The van der Waals surface area contributed by atoms with E-state index in [1.165, 1.54) is 6.07 Å². The van der Waals surface area contributed by atoms with Crippen LogP contribution in [0.25, 0.3) is 11.0 Å². The summed E-state index contributed by atoms with van der Waals surface area (Å²) >= 11 is 1.54. The zero-order chi connectivity index (χ0) is 12.5. The van der Waals surface area contributed by atoms with Crippen molar-refractivity contribution in [2.24, 2.45) is 0 Å². The first-order valence-electron chi connectivity index (χ1n) is 5.46. The van der Waals surface area contributed by atoms with Crippen LogP contribution < -0.4 is 0 Å². The molecule has 0 aliphatic heterocycles. The van der Waals surface area contributed by atoms with Gasteiger partial charge in [0.05, 0.1) is 0 Å². The van der Waals surface area contributed by atoms with Gasteiger partial charge in [-0.1, -0.05) is 12.1 Å². The number of carbonyl (C=O) groups excluding carboxylic acids is 1. The van der Waals surface area contributed by atoms with Crippen molar-refractivity contribution in [3.63, 3.8) is 0 Å². The highest BCUT2D eigenvalue weighted by Crippen LogP contribution is 2.23. The second kappa shape index (κ2) is 4.38. The number of halogens is 1. The van der Waals surface area contributed by atoms with Gasteiger partial charge in [0.25, 0.3) is 0 Å². The second-order valence-corrected chi connectivity index (χ2v) is 4.78. The van der Waals surface area contributed by atoms with E-state index >= 15 is 0 Å². The molecule has 0 spiro atoms. The van der Waals surface area contributed by atoms with Crippen LogP contribution in [-0.2, 0) is 6.42 Å². The van der Waals surface area contributed by atoms with Gasteiger partial charge in [0.2, 0.25) is 5.78 Å². The average molecular weight is 260 g/mol. The molecule has 2 heterocycles. The predicted octanol–water partition coefficient (Wildman–Crippen LogP) is 4.06. The normalized spacial score (nSPS) is 10.9. The summed E-state index contributed by atoms with van der Waals surface area (Å²) < 4.78 is 18.7. The highest BCUT2D eigenvalue weighted by molar-refractivity contribution is 7.08. The van der Waals surface area contributed by atoms with Crippen molar-refractivity contribution in [1.29, 1.82) is 0 Å². The first-order chi connectivity index (χ1) is 8.74. The van der Waals surface area contributed by atoms with E-state index in [-0.39, 0.29) is 23.5 Å². The largest absolute Gasteiger partial charge is 0.450 e. The van der Waals surface area contributed by atoms with Gasteiger partial charge in [0.1, 0.15) is 0 Å². The molecule has 0 atom stereocenters. The molecule has 18 heavy (non-hydrogen) atoms. The molecule has 0 aliphatic rings. The van der Waals surface area contributed by atoms with E-state index in [2.05, 4.69) is 0 Å². The van der Waals surface area contributed by atoms with Crippen molar-refractivity contribution >= 4 is 28.1 Å². The van der Waals surface area contributed by atoms with E-state index in [1.807, 2.05) is 16.8 Å². The minimum Gasteiger partial charge on any atom is -0.450 e. The number of Topliss-reactive ketones (excluding diaryl/α,β-unsaturated/α-hetero) is 1. The number of benzene rings is 1. The molecule has 0 amide bonds. The molecule has 4 heteroatoms. The average Bonchev–Trinajstić information content (AvgIpc) is 2.97. The molecule has 2 aromatic heterocycles. The molecule has 1 aromatic carbocycles. The van der Waals surface area contributed by atoms with E-state index in [0.717, 1.165) is 5.56 Å². The maximum atomic E-state index is 13.4. The molecule has 0 saturated carbocycles. The Morgan fingerprint density at radius 3 is 2.94 bits per heavy atom. The SMILES string of the molecule is O=C(Cc1ccsc1)c1cc2cccc(F)c2o1. The monoisotopic (exact) mass is 260 g/mol. The first kappa shape index (κ1) is 11.2. The van der Waals surface area contributed by atoms with Gasteiger partial charge in [-0.2, -0.15) is 11.3 Å². The van der Waals surface area contributed by atoms with Crippen LogP contribution in [0, 0.1) is 5.82 Å². The lowest BCUT2D eigenvalue weighted by molar-refractivity contribution is 0.0968. The van der Waals surface area contributed by atoms with Crippen molar-refractivity contribution in [3.05, 3.63) is 58.2 Å². The molecule has 90 valence electrons. The predicted molar refractivity (Wildman–Crippen MR) is 68.5 cm³/mol. The summed E-state index contributed by atoms with van der Waals surface area (Å²) in [7, 11) is 0. The number of carbonyl (C=O) groups is 1. The van der Waals surface area contributed by atoms with Crippen molar-refractivity contribution in [2.75, 3.05) is 0 Å². The van der Waals surface area contributed by atoms with Gasteiger partial charge in [-0.25, -0.2) is 4.39 Å². The molecular formula is C14H9FO2S. The fourth-order valence-corrected chi connectivity index (χ4v) is 2.50. The summed E-state index contributed by atoms with van der Waals surface area (Å²) in [6.07, 6.45) is 0.283. The van der Waals surface area contributed by atoms with Gasteiger partial charge >= 0.3 is 0 Å². The van der Waals surface area contributed by atoms with Crippen LogP contribution in [0.4, 0.5) is 4.39 Å². The van der Waals surface area contributed by atoms with Gasteiger partial charge < -0.3 is 4.42 Å². The molecule has 0 N–H and O–H groups in total. The lowest BCUT2D eigenvalue weighted by atomic mass is 10.1. The van der Waals surface area contributed by atoms with Gasteiger partial charge in [-0.15, -0.1) is 0 Å². The summed E-state index contributed by atoms with van der Waals surface area (Å²) in [6.45, 7) is 0. The zero-order valence-electron chi connectivity index (χ0n) is 9.35. The third kappa shape index (κ3) is 1.95. The van der Waals surface area contributed by atoms with Crippen molar-refractivity contribution in [2.45, 2.75) is 6.42 Å². The Bertz CT molecular complexity index is 698. The van der Waals surface area contributed by atoms with E-state index in [9.17, 15) is 9.18 Å². The Labute approximate surface area is 107 Å². The van der Waals surface area contributed by atoms with Crippen LogP contribution in [0.5, 0.6) is 0 Å². The Morgan fingerprint density at radius 1 is 1.33 bits per heavy atom. The van der Waals surface area contributed by atoms with Crippen LogP contribution in [-0.4, -0.2) is 5.78 Å². The Morgan fingerprint density at radius 2 is 2.22 bits per heavy atom. The molecule has 0 saturated heterocycles. The van der Waals surface area contributed by atoms with Gasteiger partial charge in [-0.05, 0) is 34.5 Å². The zero-order valence-corrected chi connectivity index (χ0v) is 10.2. The lowest BCUT2D eigenvalue weighted by Gasteiger charge is -1.93. The van der Waals surface area contributed by atoms with E-state index in [1.54, 1.807) is 29.5 Å². The number of hydrogen-bond acceptors (Lipinski definition) is 3. The van der Waals surface area contributed by atoms with Crippen LogP contribution in [0.15, 0.2) is 45.5 Å². The highest BCUT2D eigenvalue weighted by atomic mass is 32.1. The number of furan rings is 1. The summed E-state index contributed by atoms with van der Waals surface area (Å²) in [6, 6.07) is 8.13. The first-order valence-corrected chi connectivity index (χ1v) is 6.40. The van der Waals surface area contributed by atoms with E-state index in [4.69, 9.17) is 4.42 Å². The highest BCUT2D eigenvalue weighted by Gasteiger charge is 2.14. The number of ketones is 1. The minimum absolute atomic E-state index is 0.135. The second-order valence-electron chi connectivity index (χ2n) is 4.00. The number of fused-ring (bicyclic) bond motifs is 1. The molecule has 3 aromatic rings. The minimum atomic E-state index is -0.443. The van der Waals surface area contributed by atoms with Gasteiger partial charge in [0.15, 0.2) is 17.2 Å². The molecule has 0 bridgehead atoms. The Kier molecular flexibility index (Phi) is 2.72. The Hall–Kier alpha value is -1.94. The van der Waals surface area contributed by atoms with Crippen LogP contribution >= 0.6 is 11.3 Å².